The Balaban J connectivity index is 0.00000181. The molecule has 0 saturated carbocycles. The molecule has 1 unspecified atom stereocenters. The summed E-state index contributed by atoms with van der Waals surface area (Å²) in [6.07, 6.45) is -2.30. The topological polar surface area (TPSA) is 210 Å². The molecule has 16 nitrogen and oxygen atoms in total. The van der Waals surface area contributed by atoms with Crippen molar-refractivity contribution in [2.24, 2.45) is 17.8 Å². The van der Waals surface area contributed by atoms with E-state index in [1.807, 2.05) is 54.3 Å². The number of aromatic nitrogens is 1. The number of esters is 1. The van der Waals surface area contributed by atoms with Crippen molar-refractivity contribution in [1.82, 2.24) is 14.8 Å². The molecule has 3 aliphatic rings. The maximum atomic E-state index is 14.7. The van der Waals surface area contributed by atoms with E-state index in [-0.39, 0.29) is 50.3 Å². The fourth-order valence-corrected chi connectivity index (χ4v) is 13.3. The number of aliphatic hydroxyl groups excluding tert-OH is 3. The molecule has 0 aliphatic carbocycles. The van der Waals surface area contributed by atoms with Crippen LogP contribution in [0.5, 0.6) is 0 Å². The van der Waals surface area contributed by atoms with E-state index in [0.717, 1.165) is 48.7 Å². The Kier molecular flexibility index (Phi) is 24.9. The van der Waals surface area contributed by atoms with Crippen LogP contribution in [0.1, 0.15) is 139 Å². The Morgan fingerprint density at radius 2 is 1.43 bits per heavy atom. The summed E-state index contributed by atoms with van der Waals surface area (Å²) in [5, 5.41) is 60.5. The van der Waals surface area contributed by atoms with Crippen LogP contribution in [0.25, 0.3) is 22.3 Å². The van der Waals surface area contributed by atoms with Crippen LogP contribution in [0, 0.1) is 17.8 Å². The monoisotopic (exact) mass is 1270 g/mol. The molecule has 3 fully saturated rings. The average molecular weight is 1270 g/mol. The van der Waals surface area contributed by atoms with Gasteiger partial charge >= 0.3 is 39.0 Å². The van der Waals surface area contributed by atoms with Gasteiger partial charge in [-0.15, -0.1) is 0 Å². The van der Waals surface area contributed by atoms with Gasteiger partial charge in [0.15, 0.2) is 18.0 Å². The maximum absolute atomic E-state index is 14.7. The fourth-order valence-electron chi connectivity index (χ4n) is 12.8. The van der Waals surface area contributed by atoms with Crippen LogP contribution < -0.4 is 5.44 Å². The van der Waals surface area contributed by atoms with Gasteiger partial charge in [-0.3, -0.25) is 9.59 Å². The Morgan fingerprint density at radius 1 is 0.826 bits per heavy atom. The number of carbonyl (C=O) groups excluding carboxylic acids is 2. The quantitative estimate of drug-likeness (QED) is 0.0368. The first kappa shape index (κ1) is 73.3. The van der Waals surface area contributed by atoms with Crippen LogP contribution in [0.4, 0.5) is 25.2 Å². The summed E-state index contributed by atoms with van der Waals surface area (Å²) in [6.45, 7) is 17.4. The van der Waals surface area contributed by atoms with Crippen molar-refractivity contribution in [2.45, 2.75) is 230 Å². The number of carbonyl (C=O) groups is 2. The van der Waals surface area contributed by atoms with E-state index in [1.54, 1.807) is 53.4 Å². The summed E-state index contributed by atoms with van der Waals surface area (Å²) in [5.74, 6) is -3.32. The van der Waals surface area contributed by atoms with Gasteiger partial charge in [0.25, 0.3) is 0 Å². The van der Waals surface area contributed by atoms with Crippen LogP contribution in [0.15, 0.2) is 66.9 Å². The second-order valence-corrected chi connectivity index (χ2v) is 27.8. The molecule has 3 aliphatic heterocycles. The number of ether oxygens (including phenoxy) is 6. The van der Waals surface area contributed by atoms with E-state index in [1.165, 1.54) is 30.7 Å². The summed E-state index contributed by atoms with van der Waals surface area (Å²) in [6, 6.07) is 19.8. The van der Waals surface area contributed by atoms with Gasteiger partial charge in [-0.05, 0) is 135 Å². The van der Waals surface area contributed by atoms with Crippen molar-refractivity contribution in [3.05, 3.63) is 72.4 Å². The molecule has 2 aromatic carbocycles. The number of benzene rings is 2. The predicted octanol–water partition coefficient (Wildman–Crippen LogP) is 10.7. The molecule has 0 spiro atoms. The van der Waals surface area contributed by atoms with E-state index >= 15 is 0 Å². The minimum atomic E-state index is -10.7. The Labute approximate surface area is 506 Å². The molecule has 6 rings (SSSR count). The van der Waals surface area contributed by atoms with Crippen molar-refractivity contribution in [3.63, 3.8) is 0 Å². The van der Waals surface area contributed by atoms with Crippen molar-refractivity contribution >= 4 is 34.4 Å². The van der Waals surface area contributed by atoms with Crippen molar-refractivity contribution < 1.29 is 88.7 Å². The number of likely N-dealkylation sites (N-methyl/N-ethyl adjacent to an activating group) is 1. The van der Waals surface area contributed by atoms with Crippen molar-refractivity contribution in [1.29, 1.82) is 0 Å². The number of cyclic esters (lactones) is 1. The van der Waals surface area contributed by atoms with E-state index in [2.05, 4.69) is 59.6 Å². The predicted molar refractivity (Wildman–Crippen MR) is 324 cm³/mol. The number of aliphatic hydroxyl groups is 5. The number of hydrogen-bond donors (Lipinski definition) is 5. The number of halogens is 6. The van der Waals surface area contributed by atoms with Crippen molar-refractivity contribution in [2.75, 3.05) is 27.7 Å². The molecule has 3 aromatic rings. The molecule has 0 radical (unpaired) electrons. The second-order valence-electron chi connectivity index (χ2n) is 25.2. The molecule has 24 heteroatoms. The van der Waals surface area contributed by atoms with E-state index in [0.29, 0.717) is 12.8 Å². The first-order valence-electron chi connectivity index (χ1n) is 30.0. The molecule has 1 amide bonds. The summed E-state index contributed by atoms with van der Waals surface area (Å²) < 4.78 is 97.4. The van der Waals surface area contributed by atoms with Gasteiger partial charge in [-0.25, -0.2) is 4.98 Å². The number of rotatable bonds is 17. The van der Waals surface area contributed by atoms with Gasteiger partial charge in [0.2, 0.25) is 5.91 Å². The number of unbranched alkanes of at least 4 members (excludes halogenated alkanes) is 4. The molecule has 0 bridgehead atoms. The summed E-state index contributed by atoms with van der Waals surface area (Å²) >= 11 is 0. The number of aryl methyl sites for hydroxylation is 1. The van der Waals surface area contributed by atoms with Crippen molar-refractivity contribution in [3.8, 4) is 22.3 Å². The van der Waals surface area contributed by atoms with Gasteiger partial charge in [-0.1, -0.05) is 94.6 Å². The Bertz CT molecular complexity index is 2660. The normalized spacial score (nSPS) is 35.3. The van der Waals surface area contributed by atoms with Gasteiger partial charge in [0, 0.05) is 53.9 Å². The summed E-state index contributed by atoms with van der Waals surface area (Å²) in [7, 11) is -3.59. The molecular weight excluding hydrogens is 1170 g/mol. The van der Waals surface area contributed by atoms with Gasteiger partial charge < -0.3 is 63.8 Å². The van der Waals surface area contributed by atoms with Gasteiger partial charge in [0.1, 0.15) is 30.0 Å². The van der Waals surface area contributed by atoms with Crippen LogP contribution in [-0.4, -0.2) is 170 Å². The minimum absolute atomic E-state index is 0.0618. The Morgan fingerprint density at radius 3 is 2.05 bits per heavy atom. The molecule has 1 aromatic heterocycles. The first-order chi connectivity index (χ1) is 39.7. The third-order valence-electron chi connectivity index (χ3n) is 17.5. The molecule has 490 valence electrons. The number of hydrogen-bond acceptors (Lipinski definition) is 15. The molecule has 86 heavy (non-hydrogen) atoms. The molecule has 5 N–H and O–H groups in total. The third kappa shape index (κ3) is 20.3. The zero-order chi connectivity index (χ0) is 64.6. The van der Waals surface area contributed by atoms with Crippen LogP contribution in [0.2, 0.25) is 0 Å². The number of pyridine rings is 1. The van der Waals surface area contributed by atoms with Crippen LogP contribution >= 0.6 is 17.0 Å². The van der Waals surface area contributed by atoms with Crippen LogP contribution in [-0.2, 0) is 44.4 Å². The number of amides is 1. The first-order valence-corrected chi connectivity index (χ1v) is 32.8. The third-order valence-corrected chi connectivity index (χ3v) is 18.0. The second kappa shape index (κ2) is 29.2. The zero-order valence-electron chi connectivity index (χ0n) is 52.3. The fraction of sp³-hybridized carbons (Fsp3) is 0.694. The number of nitrogens with zero attached hydrogens (tertiary/aromatic N) is 3. The van der Waals surface area contributed by atoms with E-state index in [9.17, 15) is 60.3 Å². The summed E-state index contributed by atoms with van der Waals surface area (Å²) in [4.78, 5) is 37.5. The van der Waals surface area contributed by atoms with Gasteiger partial charge in [0.05, 0.1) is 53.1 Å². The molecule has 3 saturated heterocycles. The van der Waals surface area contributed by atoms with Gasteiger partial charge in [-0.2, -0.15) is 0 Å². The van der Waals surface area contributed by atoms with E-state index < -0.39 is 110 Å². The average Bonchev–Trinajstić information content (AvgIpc) is 1.41. The Hall–Kier alpha value is -3.47. The molecule has 19 atom stereocenters. The van der Waals surface area contributed by atoms with Crippen LogP contribution in [0.3, 0.4) is 0 Å². The zero-order valence-corrected chi connectivity index (χ0v) is 54.6. The SMILES string of the molecule is CC[C@H]1OC(=O)[C@H](C)[C@@H](O[C@H]2C[C@@](C)(OC)[C@@H](O)[C@H](C)O2)[C@H](C)[C@@H](O[C@@H]2O[C@H](C)C[C@H](N(C)C)[C@H]2O)[C@](C)(O)C[C@@H](C)CN(C(=O)CCCCCCCc2ccccc2-c2ccnc([PH3+])c2-c2ccccc2)[C@H](C)[C@@H](O)[C@]1(C)O.F[P-](F)(F)(F)(F)F. The standard InChI is InChI=1S/C62H96N3O13P.F6P/c1-14-48-62(10,72)54(68)41(6)65(49(66)30-22-17-15-16-19-25-43-26-23-24-29-45(43)46-31-32-63-57(79)51(46)44-27-20-18-21-28-44)36-37(2)34-60(8,71)56(78-59-52(67)47(64(11)12)33-38(3)74-59)39(4)53(40(5)58(70)76-48)77-50-35-61(9,73-13)55(69)42(7)75-50;1-7(2,3,4,5)6/h18,20-21,23-24,26-29,31-32,37-42,47-48,50,52-56,59,67-69,71-72H,14-17,19,22,25,30,33-36,79H2,1-13H3;/q;-1/p+1/t37-,38-,39+,40-,41-,42+,47+,48-,50+,52-,53+,54-,55+,56-,59+,60-,61-,62-;/m1./s1. The number of methoxy groups -OCH3 is 1. The molecular formula is C62H97F6N3O13P2. The van der Waals surface area contributed by atoms with E-state index in [4.69, 9.17) is 28.4 Å². The molecule has 4 heterocycles. The summed E-state index contributed by atoms with van der Waals surface area (Å²) in [5.41, 5.74) is 2.14.